The van der Waals surface area contributed by atoms with Gasteiger partial charge < -0.3 is 15.5 Å². The molecule has 4 aromatic heterocycles. The van der Waals surface area contributed by atoms with E-state index in [1.807, 2.05) is 78.9 Å². The van der Waals surface area contributed by atoms with Crippen molar-refractivity contribution in [3.8, 4) is 32.3 Å². The van der Waals surface area contributed by atoms with Gasteiger partial charge in [-0.05, 0) is 35.4 Å². The van der Waals surface area contributed by atoms with E-state index in [0.717, 1.165) is 32.0 Å². The van der Waals surface area contributed by atoms with E-state index < -0.39 is 0 Å². The number of ether oxygens (including phenoxy) is 1. The third-order valence-electron chi connectivity index (χ3n) is 5.58. The standard InChI is InChI=1S/C17H11N3OS.C12H11NO2S/c21-17-15-13(10-14(22-15)11-4-2-1-3-5-11)19-16(20-17)12-6-8-18-9-7-12;1-15-12(14)11-9(13)7-10(16-11)8-5-3-2-4-6-8/h1-10H,(H,19,20,21);2-7H,13H2,1H3. The highest BCUT2D eigenvalue weighted by atomic mass is 32.1. The number of H-pyrrole nitrogens is 1. The van der Waals surface area contributed by atoms with Crippen molar-refractivity contribution in [1.29, 1.82) is 0 Å². The van der Waals surface area contributed by atoms with Crippen molar-refractivity contribution in [2.24, 2.45) is 0 Å². The minimum Gasteiger partial charge on any atom is -0.465 e. The van der Waals surface area contributed by atoms with E-state index in [9.17, 15) is 9.59 Å². The summed E-state index contributed by atoms with van der Waals surface area (Å²) in [5.41, 5.74) is 9.84. The van der Waals surface area contributed by atoms with Gasteiger partial charge in [-0.25, -0.2) is 9.78 Å². The number of hydrogen-bond donors (Lipinski definition) is 2. The lowest BCUT2D eigenvalue weighted by molar-refractivity contribution is 0.0607. The third kappa shape index (κ3) is 5.39. The van der Waals surface area contributed by atoms with Gasteiger partial charge in [0.05, 0.1) is 18.3 Å². The number of carbonyl (C=O) groups excluding carboxylic acids is 1. The molecule has 0 saturated heterocycles. The smallest absolute Gasteiger partial charge is 0.350 e. The zero-order chi connectivity index (χ0) is 26.5. The fraction of sp³-hybridized carbons (Fsp3) is 0.0345. The summed E-state index contributed by atoms with van der Waals surface area (Å²) < 4.78 is 5.31. The number of carbonyl (C=O) groups is 1. The van der Waals surface area contributed by atoms with Gasteiger partial charge in [0.1, 0.15) is 15.4 Å². The minimum atomic E-state index is -0.385. The Kier molecular flexibility index (Phi) is 7.39. The second-order valence-electron chi connectivity index (χ2n) is 8.09. The van der Waals surface area contributed by atoms with Crippen molar-refractivity contribution in [3.63, 3.8) is 0 Å². The van der Waals surface area contributed by atoms with Crippen LogP contribution in [0.25, 0.3) is 42.5 Å². The summed E-state index contributed by atoms with van der Waals surface area (Å²) >= 11 is 2.81. The highest BCUT2D eigenvalue weighted by molar-refractivity contribution is 7.22. The summed E-state index contributed by atoms with van der Waals surface area (Å²) in [6, 6.07) is 27.2. The minimum absolute atomic E-state index is 0.107. The monoisotopic (exact) mass is 538 g/mol. The Labute approximate surface area is 226 Å². The summed E-state index contributed by atoms with van der Waals surface area (Å²) in [5, 5.41) is 0. The van der Waals surface area contributed by atoms with Crippen molar-refractivity contribution in [3.05, 3.63) is 113 Å². The molecule has 6 rings (SSSR count). The van der Waals surface area contributed by atoms with Gasteiger partial charge >= 0.3 is 5.97 Å². The topological polar surface area (TPSA) is 111 Å². The number of rotatable bonds is 4. The molecule has 6 aromatic rings. The fourth-order valence-electron chi connectivity index (χ4n) is 3.73. The van der Waals surface area contributed by atoms with Gasteiger partial charge in [-0.15, -0.1) is 22.7 Å². The molecule has 0 bridgehead atoms. The Balaban J connectivity index is 0.000000163. The lowest BCUT2D eigenvalue weighted by Crippen LogP contribution is -2.07. The van der Waals surface area contributed by atoms with Crippen LogP contribution in [0.4, 0.5) is 5.69 Å². The van der Waals surface area contributed by atoms with Crippen LogP contribution in [0, 0.1) is 0 Å². The maximum absolute atomic E-state index is 12.3. The van der Waals surface area contributed by atoms with Gasteiger partial charge in [0.15, 0.2) is 0 Å². The van der Waals surface area contributed by atoms with Gasteiger partial charge in [-0.2, -0.15) is 0 Å². The molecular weight excluding hydrogens is 516 g/mol. The molecule has 4 heterocycles. The molecule has 0 aliphatic rings. The Hall–Kier alpha value is -4.60. The number of fused-ring (bicyclic) bond motifs is 1. The molecular formula is C29H22N4O3S2. The molecule has 0 aliphatic carbocycles. The third-order valence-corrected chi connectivity index (χ3v) is 7.94. The molecule has 0 spiro atoms. The molecule has 7 nitrogen and oxygen atoms in total. The van der Waals surface area contributed by atoms with E-state index >= 15 is 0 Å². The van der Waals surface area contributed by atoms with Crippen molar-refractivity contribution < 1.29 is 9.53 Å². The second kappa shape index (κ2) is 11.2. The number of aromatic nitrogens is 3. The summed E-state index contributed by atoms with van der Waals surface area (Å²) in [5.74, 6) is 0.182. The fourth-order valence-corrected chi connectivity index (χ4v) is 5.73. The average Bonchev–Trinajstić information content (AvgIpc) is 3.59. The summed E-state index contributed by atoms with van der Waals surface area (Å²) in [7, 11) is 1.35. The van der Waals surface area contributed by atoms with E-state index in [4.69, 9.17) is 5.73 Å². The number of nitrogens with one attached hydrogen (secondary N) is 1. The number of benzene rings is 2. The van der Waals surface area contributed by atoms with Gasteiger partial charge in [-0.3, -0.25) is 9.78 Å². The highest BCUT2D eigenvalue weighted by Gasteiger charge is 2.15. The first-order chi connectivity index (χ1) is 18.5. The normalized spacial score (nSPS) is 10.6. The second-order valence-corrected chi connectivity index (χ2v) is 10.2. The summed E-state index contributed by atoms with van der Waals surface area (Å²) in [6.07, 6.45) is 3.37. The molecule has 0 saturated carbocycles. The van der Waals surface area contributed by atoms with Crippen molar-refractivity contribution in [2.75, 3.05) is 12.8 Å². The van der Waals surface area contributed by atoms with Crippen molar-refractivity contribution >= 4 is 44.5 Å². The van der Waals surface area contributed by atoms with Crippen molar-refractivity contribution in [2.45, 2.75) is 0 Å². The number of pyridine rings is 1. The van der Waals surface area contributed by atoms with Crippen LogP contribution in [0.3, 0.4) is 0 Å². The molecule has 9 heteroatoms. The van der Waals surface area contributed by atoms with E-state index in [-0.39, 0.29) is 11.5 Å². The molecule has 2 aromatic carbocycles. The highest BCUT2D eigenvalue weighted by Crippen LogP contribution is 2.33. The number of aromatic amines is 1. The maximum atomic E-state index is 12.3. The summed E-state index contributed by atoms with van der Waals surface area (Å²) in [4.78, 5) is 37.6. The van der Waals surface area contributed by atoms with Crippen LogP contribution >= 0.6 is 22.7 Å². The van der Waals surface area contributed by atoms with Crippen LogP contribution in [0.15, 0.2) is 102 Å². The van der Waals surface area contributed by atoms with Gasteiger partial charge in [0, 0.05) is 27.7 Å². The van der Waals surface area contributed by atoms with E-state index in [2.05, 4.69) is 19.7 Å². The number of anilines is 1. The lowest BCUT2D eigenvalue weighted by atomic mass is 10.2. The zero-order valence-corrected chi connectivity index (χ0v) is 21.9. The Morgan fingerprint density at radius 3 is 2.05 bits per heavy atom. The van der Waals surface area contributed by atoms with E-state index in [1.54, 1.807) is 18.5 Å². The number of methoxy groups -OCH3 is 1. The number of hydrogen-bond acceptors (Lipinski definition) is 8. The molecule has 0 fully saturated rings. The van der Waals surface area contributed by atoms with E-state index in [1.165, 1.54) is 29.8 Å². The quantitative estimate of drug-likeness (QED) is 0.248. The lowest BCUT2D eigenvalue weighted by Gasteiger charge is -1.99. The van der Waals surface area contributed by atoms with Gasteiger partial charge in [0.2, 0.25) is 0 Å². The predicted octanol–water partition coefficient (Wildman–Crippen LogP) is 6.50. The Bertz CT molecular complexity index is 1750. The number of nitrogen functional groups attached to an aromatic ring is 1. The van der Waals surface area contributed by atoms with Gasteiger partial charge in [0.25, 0.3) is 5.56 Å². The van der Waals surface area contributed by atoms with Crippen molar-refractivity contribution in [1.82, 2.24) is 15.0 Å². The molecule has 0 aliphatic heterocycles. The first-order valence-electron chi connectivity index (χ1n) is 11.6. The molecule has 3 N–H and O–H groups in total. The molecule has 0 radical (unpaired) electrons. The largest absolute Gasteiger partial charge is 0.465 e. The first kappa shape index (κ1) is 25.1. The molecule has 38 heavy (non-hydrogen) atoms. The molecule has 188 valence electrons. The molecule has 0 atom stereocenters. The predicted molar refractivity (Wildman–Crippen MR) is 154 cm³/mol. The van der Waals surface area contributed by atoms with Crippen LogP contribution in [-0.4, -0.2) is 28.0 Å². The SMILES string of the molecule is COC(=O)c1sc(-c2ccccc2)cc1N.O=c1[nH]c(-c2ccncc2)nc2cc(-c3ccccc3)sc12. The van der Waals surface area contributed by atoms with E-state index in [0.29, 0.717) is 21.1 Å². The van der Waals surface area contributed by atoms with Crippen LogP contribution in [0.5, 0.6) is 0 Å². The van der Waals surface area contributed by atoms with Crippen LogP contribution in [-0.2, 0) is 4.74 Å². The first-order valence-corrected chi connectivity index (χ1v) is 13.2. The number of esters is 1. The molecule has 0 unspecified atom stereocenters. The number of nitrogens with two attached hydrogens (primary N) is 1. The van der Waals surface area contributed by atoms with Crippen LogP contribution in [0.1, 0.15) is 9.67 Å². The van der Waals surface area contributed by atoms with Gasteiger partial charge in [-0.1, -0.05) is 60.7 Å². The maximum Gasteiger partial charge on any atom is 0.350 e. The van der Waals surface area contributed by atoms with Crippen LogP contribution in [0.2, 0.25) is 0 Å². The average molecular weight is 539 g/mol. The number of nitrogens with zero attached hydrogens (tertiary/aromatic N) is 2. The summed E-state index contributed by atoms with van der Waals surface area (Å²) in [6.45, 7) is 0. The van der Waals surface area contributed by atoms with Crippen LogP contribution < -0.4 is 11.3 Å². The number of thiophene rings is 2. The Morgan fingerprint density at radius 1 is 0.842 bits per heavy atom. The Morgan fingerprint density at radius 2 is 1.45 bits per heavy atom. The molecule has 0 amide bonds. The zero-order valence-electron chi connectivity index (χ0n) is 20.3.